The van der Waals surface area contributed by atoms with Crippen molar-refractivity contribution in [2.45, 2.75) is 20.3 Å². The van der Waals surface area contributed by atoms with Crippen LogP contribution < -0.4 is 5.43 Å². The van der Waals surface area contributed by atoms with Gasteiger partial charge in [0.05, 0.1) is 18.0 Å². The molecular weight excluding hydrogens is 312 g/mol. The third-order valence-electron chi connectivity index (χ3n) is 4.11. The topological polar surface area (TPSA) is 70.2 Å². The van der Waals surface area contributed by atoms with Gasteiger partial charge in [0.2, 0.25) is 0 Å². The number of hydrogen-bond donors (Lipinski definition) is 1. The Morgan fingerprint density at radius 2 is 2.00 bits per heavy atom. The lowest BCUT2D eigenvalue weighted by Gasteiger charge is -2.12. The molecule has 1 aromatic heterocycles. The van der Waals surface area contributed by atoms with Crippen LogP contribution in [0, 0.1) is 25.2 Å². The molecule has 3 aromatic rings. The van der Waals surface area contributed by atoms with Crippen LogP contribution in [0.5, 0.6) is 0 Å². The van der Waals surface area contributed by atoms with Gasteiger partial charge in [-0.1, -0.05) is 36.4 Å². The summed E-state index contributed by atoms with van der Waals surface area (Å²) in [6.07, 6.45) is 1.41. The molecule has 25 heavy (non-hydrogen) atoms. The van der Waals surface area contributed by atoms with Gasteiger partial charge >= 0.3 is 0 Å². The number of aromatic nitrogens is 1. The van der Waals surface area contributed by atoms with E-state index in [9.17, 15) is 4.79 Å². The summed E-state index contributed by atoms with van der Waals surface area (Å²) in [5.41, 5.74) is 6.50. The van der Waals surface area contributed by atoms with Crippen LogP contribution in [0.1, 0.15) is 23.4 Å². The van der Waals surface area contributed by atoms with E-state index < -0.39 is 5.91 Å². The largest absolute Gasteiger partial charge is 0.317 e. The fourth-order valence-corrected chi connectivity index (χ4v) is 2.98. The Morgan fingerprint density at radius 3 is 2.80 bits per heavy atom. The molecule has 0 unspecified atom stereocenters. The smallest absolute Gasteiger partial charge is 0.254 e. The fourth-order valence-electron chi connectivity index (χ4n) is 2.98. The quantitative estimate of drug-likeness (QED) is 0.586. The van der Waals surface area contributed by atoms with Crippen LogP contribution in [0.4, 0.5) is 0 Å². The van der Waals surface area contributed by atoms with Gasteiger partial charge in [-0.25, -0.2) is 5.43 Å². The molecule has 0 fully saturated rings. The van der Waals surface area contributed by atoms with E-state index >= 15 is 0 Å². The Hall–Kier alpha value is -3.39. The highest BCUT2D eigenvalue weighted by molar-refractivity contribution is 5.91. The number of nitrogens with one attached hydrogen (secondary N) is 1. The zero-order chi connectivity index (χ0) is 17.8. The second-order valence-electron chi connectivity index (χ2n) is 5.79. The predicted molar refractivity (Wildman–Crippen MR) is 98.7 cm³/mol. The summed E-state index contributed by atoms with van der Waals surface area (Å²) in [4.78, 5) is 11.3. The standard InChI is InChI=1S/C20H18N4O/c1-14-12-17(13-22-23-20(25)10-11-21)15(2)24(14)19-9-5-7-16-6-3-4-8-18(16)19/h3-9,12-13H,10H2,1-2H3,(H,23,25)/b22-13-. The number of nitriles is 1. The monoisotopic (exact) mass is 330 g/mol. The van der Waals surface area contributed by atoms with Crippen molar-refractivity contribution in [3.05, 3.63) is 65.5 Å². The highest BCUT2D eigenvalue weighted by Gasteiger charge is 2.11. The Balaban J connectivity index is 1.99. The second-order valence-corrected chi connectivity index (χ2v) is 5.79. The number of nitrogens with zero attached hydrogens (tertiary/aromatic N) is 3. The molecular formula is C20H18N4O. The van der Waals surface area contributed by atoms with Gasteiger partial charge in [-0.05, 0) is 31.4 Å². The molecule has 124 valence electrons. The molecule has 0 aliphatic rings. The van der Waals surface area contributed by atoms with E-state index in [2.05, 4.69) is 39.4 Å². The molecule has 2 aromatic carbocycles. The zero-order valence-corrected chi connectivity index (χ0v) is 14.2. The van der Waals surface area contributed by atoms with Gasteiger partial charge in [0.15, 0.2) is 0 Å². The van der Waals surface area contributed by atoms with E-state index in [0.29, 0.717) is 0 Å². The van der Waals surface area contributed by atoms with E-state index in [4.69, 9.17) is 5.26 Å². The minimum absolute atomic E-state index is 0.202. The maximum atomic E-state index is 11.3. The van der Waals surface area contributed by atoms with Crippen LogP contribution >= 0.6 is 0 Å². The minimum atomic E-state index is -0.415. The summed E-state index contributed by atoms with van der Waals surface area (Å²) in [5.74, 6) is -0.415. The molecule has 5 heteroatoms. The first-order valence-corrected chi connectivity index (χ1v) is 7.97. The Bertz CT molecular complexity index is 1000. The maximum absolute atomic E-state index is 11.3. The van der Waals surface area contributed by atoms with Crippen molar-refractivity contribution in [1.29, 1.82) is 5.26 Å². The van der Waals surface area contributed by atoms with Gasteiger partial charge in [-0.3, -0.25) is 4.79 Å². The van der Waals surface area contributed by atoms with E-state index in [-0.39, 0.29) is 6.42 Å². The molecule has 0 aliphatic heterocycles. The number of hydrazone groups is 1. The van der Waals surface area contributed by atoms with E-state index in [1.54, 1.807) is 12.3 Å². The lowest BCUT2D eigenvalue weighted by molar-refractivity contribution is -0.120. The molecule has 1 N–H and O–H groups in total. The molecule has 0 aliphatic carbocycles. The Labute approximate surface area is 146 Å². The highest BCUT2D eigenvalue weighted by atomic mass is 16.2. The second kappa shape index (κ2) is 7.02. The summed E-state index contributed by atoms with van der Waals surface area (Å²) in [6.45, 7) is 4.06. The molecule has 0 radical (unpaired) electrons. The summed E-state index contributed by atoms with van der Waals surface area (Å²) in [5, 5.41) is 14.8. The van der Waals surface area contributed by atoms with Crippen LogP contribution in [-0.2, 0) is 4.79 Å². The van der Waals surface area contributed by atoms with Gasteiger partial charge < -0.3 is 4.57 Å². The van der Waals surface area contributed by atoms with Crippen LogP contribution in [-0.4, -0.2) is 16.7 Å². The molecule has 5 nitrogen and oxygen atoms in total. The summed E-state index contributed by atoms with van der Waals surface area (Å²) >= 11 is 0. The van der Waals surface area contributed by atoms with Crippen LogP contribution in [0.2, 0.25) is 0 Å². The lowest BCUT2D eigenvalue weighted by atomic mass is 10.1. The van der Waals surface area contributed by atoms with Crippen LogP contribution in [0.25, 0.3) is 16.5 Å². The first kappa shape index (κ1) is 16.5. The summed E-state index contributed by atoms with van der Waals surface area (Å²) in [7, 11) is 0. The van der Waals surface area contributed by atoms with Crippen LogP contribution in [0.15, 0.2) is 53.6 Å². The predicted octanol–water partition coefficient (Wildman–Crippen LogP) is 3.61. The number of fused-ring (bicyclic) bond motifs is 1. The lowest BCUT2D eigenvalue weighted by Crippen LogP contribution is -2.16. The van der Waals surface area contributed by atoms with Crippen molar-refractivity contribution in [2.75, 3.05) is 0 Å². The van der Waals surface area contributed by atoms with Crippen molar-refractivity contribution >= 4 is 22.9 Å². The number of hydrogen-bond acceptors (Lipinski definition) is 3. The Morgan fingerprint density at radius 1 is 1.24 bits per heavy atom. The van der Waals surface area contributed by atoms with Crippen molar-refractivity contribution < 1.29 is 4.79 Å². The van der Waals surface area contributed by atoms with Gasteiger partial charge in [-0.2, -0.15) is 10.4 Å². The number of carbonyl (C=O) groups excluding carboxylic acids is 1. The molecule has 0 saturated heterocycles. The maximum Gasteiger partial charge on any atom is 0.254 e. The van der Waals surface area contributed by atoms with Crippen molar-refractivity contribution in [1.82, 2.24) is 9.99 Å². The van der Waals surface area contributed by atoms with Gasteiger partial charge in [0.25, 0.3) is 5.91 Å². The van der Waals surface area contributed by atoms with Crippen LogP contribution in [0.3, 0.4) is 0 Å². The van der Waals surface area contributed by atoms with Gasteiger partial charge in [0.1, 0.15) is 6.42 Å². The van der Waals surface area contributed by atoms with Crippen molar-refractivity contribution in [3.63, 3.8) is 0 Å². The van der Waals surface area contributed by atoms with Gasteiger partial charge in [0, 0.05) is 22.3 Å². The normalized spacial score (nSPS) is 10.9. The number of rotatable bonds is 4. The Kier molecular flexibility index (Phi) is 4.62. The molecule has 0 spiro atoms. The summed E-state index contributed by atoms with van der Waals surface area (Å²) < 4.78 is 2.18. The number of carbonyl (C=O) groups is 1. The average molecular weight is 330 g/mol. The molecule has 1 amide bonds. The third-order valence-corrected chi connectivity index (χ3v) is 4.11. The van der Waals surface area contributed by atoms with Gasteiger partial charge in [-0.15, -0.1) is 0 Å². The first-order chi connectivity index (χ1) is 12.1. The molecule has 0 atom stereocenters. The van der Waals surface area contributed by atoms with E-state index in [1.165, 1.54) is 10.8 Å². The third kappa shape index (κ3) is 3.29. The van der Waals surface area contributed by atoms with E-state index in [0.717, 1.165) is 22.6 Å². The fraction of sp³-hybridized carbons (Fsp3) is 0.150. The number of aryl methyl sites for hydroxylation is 1. The first-order valence-electron chi connectivity index (χ1n) is 7.97. The highest BCUT2D eigenvalue weighted by Crippen LogP contribution is 2.26. The molecule has 0 saturated carbocycles. The minimum Gasteiger partial charge on any atom is -0.317 e. The molecule has 3 rings (SSSR count). The number of benzene rings is 2. The summed E-state index contributed by atoms with van der Waals surface area (Å²) in [6, 6.07) is 18.3. The number of amides is 1. The average Bonchev–Trinajstić information content (AvgIpc) is 2.88. The SMILES string of the molecule is Cc1cc(/C=N\NC(=O)CC#N)c(C)n1-c1cccc2ccccc12. The zero-order valence-electron chi connectivity index (χ0n) is 14.2. The molecule has 1 heterocycles. The molecule has 0 bridgehead atoms. The van der Waals surface area contributed by atoms with Crippen molar-refractivity contribution in [2.24, 2.45) is 5.10 Å². The van der Waals surface area contributed by atoms with Crippen molar-refractivity contribution in [3.8, 4) is 11.8 Å². The van der Waals surface area contributed by atoms with E-state index in [1.807, 2.05) is 38.1 Å².